The van der Waals surface area contributed by atoms with Crippen molar-refractivity contribution in [3.63, 3.8) is 0 Å². The van der Waals surface area contributed by atoms with Crippen molar-refractivity contribution in [2.45, 2.75) is 30.0 Å². The second-order valence-corrected chi connectivity index (χ2v) is 6.44. The minimum absolute atomic E-state index is 0.663. The predicted octanol–water partition coefficient (Wildman–Crippen LogP) is 2.71. The molecule has 0 bridgehead atoms. The first-order valence-electron chi connectivity index (χ1n) is 6.58. The second-order valence-electron chi connectivity index (χ2n) is 4.96. The van der Waals surface area contributed by atoms with E-state index in [0.29, 0.717) is 5.25 Å². The van der Waals surface area contributed by atoms with Crippen LogP contribution in [0.1, 0.15) is 19.0 Å². The van der Waals surface area contributed by atoms with E-state index in [0.717, 1.165) is 18.8 Å². The van der Waals surface area contributed by atoms with Crippen LogP contribution in [0.25, 0.3) is 0 Å². The smallest absolute Gasteiger partial charge is 0.0776 e. The van der Waals surface area contributed by atoms with Gasteiger partial charge < -0.3 is 4.90 Å². The normalized spacial score (nSPS) is 19.1. The highest BCUT2D eigenvalue weighted by atomic mass is 32.2. The number of para-hydroxylation sites is 1. The van der Waals surface area contributed by atoms with Gasteiger partial charge >= 0.3 is 0 Å². The number of aromatic nitrogens is 3. The highest BCUT2D eigenvalue weighted by Gasteiger charge is 2.20. The first kappa shape index (κ1) is 12.5. The zero-order chi connectivity index (χ0) is 13.2. The molecule has 1 aliphatic rings. The predicted molar refractivity (Wildman–Crippen MR) is 78.4 cm³/mol. The zero-order valence-corrected chi connectivity index (χ0v) is 12.1. The van der Waals surface area contributed by atoms with Gasteiger partial charge in [-0.05, 0) is 18.6 Å². The van der Waals surface area contributed by atoms with Gasteiger partial charge in [-0.2, -0.15) is 0 Å². The van der Waals surface area contributed by atoms with Gasteiger partial charge in [0.1, 0.15) is 0 Å². The van der Waals surface area contributed by atoms with Gasteiger partial charge in [-0.25, -0.2) is 0 Å². The van der Waals surface area contributed by atoms with E-state index in [9.17, 15) is 0 Å². The number of rotatable bonds is 2. The molecule has 0 unspecified atom stereocenters. The van der Waals surface area contributed by atoms with Crippen LogP contribution in [0.3, 0.4) is 0 Å². The minimum atomic E-state index is 0.663. The Bertz CT molecular complexity index is 566. The average molecular weight is 274 g/mol. The molecular weight excluding hydrogens is 256 g/mol. The average Bonchev–Trinajstić information content (AvgIpc) is 2.73. The fraction of sp³-hybridized carbons (Fsp3) is 0.429. The lowest BCUT2D eigenvalue weighted by atomic mass is 10.2. The monoisotopic (exact) mass is 274 g/mol. The molecule has 0 fully saturated rings. The molecule has 1 atom stereocenters. The standard InChI is InChI=1S/C14H18N4S/c1-11-7-8-18(10-12-9-15-16-17(12)2)13-5-3-4-6-14(13)19-11/h3-6,9,11H,7-8,10H2,1-2H3/t11-/m0/s1. The molecule has 2 aromatic rings. The third kappa shape index (κ3) is 2.61. The number of anilines is 1. The van der Waals surface area contributed by atoms with Crippen LogP contribution in [-0.4, -0.2) is 26.8 Å². The van der Waals surface area contributed by atoms with E-state index in [2.05, 4.69) is 46.4 Å². The molecule has 3 rings (SSSR count). The number of fused-ring (bicyclic) bond motifs is 1. The van der Waals surface area contributed by atoms with Crippen molar-refractivity contribution in [2.24, 2.45) is 7.05 Å². The Morgan fingerprint density at radius 1 is 1.37 bits per heavy atom. The lowest BCUT2D eigenvalue weighted by Gasteiger charge is -2.24. The van der Waals surface area contributed by atoms with E-state index in [1.54, 1.807) is 0 Å². The molecule has 1 aliphatic heterocycles. The number of benzene rings is 1. The number of aryl methyl sites for hydroxylation is 1. The molecule has 0 radical (unpaired) electrons. The summed E-state index contributed by atoms with van der Waals surface area (Å²) in [5, 5.41) is 8.64. The quantitative estimate of drug-likeness (QED) is 0.843. The number of thioether (sulfide) groups is 1. The summed E-state index contributed by atoms with van der Waals surface area (Å²) < 4.78 is 1.85. The largest absolute Gasteiger partial charge is 0.365 e. The van der Waals surface area contributed by atoms with Gasteiger partial charge in [0.15, 0.2) is 0 Å². The molecule has 4 nitrogen and oxygen atoms in total. The van der Waals surface area contributed by atoms with Crippen LogP contribution in [0, 0.1) is 0 Å². The third-order valence-corrected chi connectivity index (χ3v) is 4.74. The molecule has 0 saturated heterocycles. The van der Waals surface area contributed by atoms with Crippen LogP contribution in [-0.2, 0) is 13.6 Å². The Kier molecular flexibility index (Phi) is 3.46. The van der Waals surface area contributed by atoms with Gasteiger partial charge in [-0.1, -0.05) is 24.3 Å². The highest BCUT2D eigenvalue weighted by Crippen LogP contribution is 2.37. The van der Waals surface area contributed by atoms with Crippen LogP contribution in [0.5, 0.6) is 0 Å². The van der Waals surface area contributed by atoms with Gasteiger partial charge in [0.2, 0.25) is 0 Å². The number of nitrogens with zero attached hydrogens (tertiary/aromatic N) is 4. The van der Waals surface area contributed by atoms with E-state index in [4.69, 9.17) is 0 Å². The van der Waals surface area contributed by atoms with E-state index in [1.165, 1.54) is 17.0 Å². The lowest BCUT2D eigenvalue weighted by molar-refractivity contribution is 0.648. The van der Waals surface area contributed by atoms with Crippen LogP contribution in [0.15, 0.2) is 35.4 Å². The molecule has 1 aromatic carbocycles. The molecule has 0 spiro atoms. The second kappa shape index (κ2) is 5.25. The van der Waals surface area contributed by atoms with Gasteiger partial charge in [-0.3, -0.25) is 4.68 Å². The molecule has 0 saturated carbocycles. The summed E-state index contributed by atoms with van der Waals surface area (Å²) in [5.74, 6) is 0. The summed E-state index contributed by atoms with van der Waals surface area (Å²) in [6.07, 6.45) is 3.05. The summed E-state index contributed by atoms with van der Waals surface area (Å²) in [6.45, 7) is 4.25. The highest BCUT2D eigenvalue weighted by molar-refractivity contribution is 8.00. The molecule has 0 N–H and O–H groups in total. The molecule has 0 amide bonds. The van der Waals surface area contributed by atoms with Gasteiger partial charge in [0.25, 0.3) is 0 Å². The van der Waals surface area contributed by atoms with Crippen LogP contribution >= 0.6 is 11.8 Å². The molecular formula is C14H18N4S. The van der Waals surface area contributed by atoms with Crippen molar-refractivity contribution < 1.29 is 0 Å². The number of hydrogen-bond acceptors (Lipinski definition) is 4. The maximum atomic E-state index is 4.01. The van der Waals surface area contributed by atoms with Crippen molar-refractivity contribution >= 4 is 17.4 Å². The van der Waals surface area contributed by atoms with E-state index >= 15 is 0 Å². The lowest BCUT2D eigenvalue weighted by Crippen LogP contribution is -2.25. The first-order chi connectivity index (χ1) is 9.24. The van der Waals surface area contributed by atoms with Crippen molar-refractivity contribution in [3.05, 3.63) is 36.2 Å². The van der Waals surface area contributed by atoms with E-state index in [-0.39, 0.29) is 0 Å². The summed E-state index contributed by atoms with van der Waals surface area (Å²) in [6, 6.07) is 8.66. The molecule has 5 heteroatoms. The van der Waals surface area contributed by atoms with Crippen LogP contribution in [0.4, 0.5) is 5.69 Å². The topological polar surface area (TPSA) is 34.0 Å². The molecule has 19 heavy (non-hydrogen) atoms. The van der Waals surface area contributed by atoms with Gasteiger partial charge in [-0.15, -0.1) is 16.9 Å². The Hall–Kier alpha value is -1.49. The van der Waals surface area contributed by atoms with Crippen molar-refractivity contribution in [1.29, 1.82) is 0 Å². The van der Waals surface area contributed by atoms with E-state index in [1.807, 2.05) is 29.7 Å². The van der Waals surface area contributed by atoms with E-state index < -0.39 is 0 Å². The molecule has 0 aliphatic carbocycles. The fourth-order valence-corrected chi connectivity index (χ4v) is 3.50. The Balaban J connectivity index is 1.91. The van der Waals surface area contributed by atoms with Gasteiger partial charge in [0, 0.05) is 23.7 Å². The fourth-order valence-electron chi connectivity index (χ4n) is 2.37. The Morgan fingerprint density at radius 2 is 2.21 bits per heavy atom. The summed E-state index contributed by atoms with van der Waals surface area (Å²) in [4.78, 5) is 3.81. The van der Waals surface area contributed by atoms with Crippen LogP contribution < -0.4 is 4.90 Å². The SMILES string of the molecule is C[C@H]1CCN(Cc2cnnn2C)c2ccccc2S1. The zero-order valence-electron chi connectivity index (χ0n) is 11.3. The van der Waals surface area contributed by atoms with Crippen molar-refractivity contribution in [1.82, 2.24) is 15.0 Å². The maximum absolute atomic E-state index is 4.01. The van der Waals surface area contributed by atoms with Crippen LogP contribution in [0.2, 0.25) is 0 Å². The Labute approximate surface area is 117 Å². The maximum Gasteiger partial charge on any atom is 0.0776 e. The molecule has 2 heterocycles. The minimum Gasteiger partial charge on any atom is -0.365 e. The summed E-state index contributed by atoms with van der Waals surface area (Å²) in [7, 11) is 1.95. The molecule has 100 valence electrons. The van der Waals surface area contributed by atoms with Gasteiger partial charge in [0.05, 0.1) is 24.1 Å². The third-order valence-electron chi connectivity index (χ3n) is 3.50. The Morgan fingerprint density at radius 3 is 3.00 bits per heavy atom. The first-order valence-corrected chi connectivity index (χ1v) is 7.46. The van der Waals surface area contributed by atoms with Crippen molar-refractivity contribution in [3.8, 4) is 0 Å². The number of hydrogen-bond donors (Lipinski definition) is 0. The summed E-state index contributed by atoms with van der Waals surface area (Å²) >= 11 is 1.97. The molecule has 1 aromatic heterocycles. The van der Waals surface area contributed by atoms with Crippen molar-refractivity contribution in [2.75, 3.05) is 11.4 Å². The summed E-state index contributed by atoms with van der Waals surface area (Å²) in [5.41, 5.74) is 2.48.